The van der Waals surface area contributed by atoms with Gasteiger partial charge < -0.3 is 9.64 Å². The Kier molecular flexibility index (Phi) is 7.76. The largest absolute Gasteiger partial charge is 0.454 e. The monoisotopic (exact) mass is 490 g/mol. The molecule has 1 aromatic heterocycles. The first-order chi connectivity index (χ1) is 17.2. The van der Waals surface area contributed by atoms with Gasteiger partial charge in [-0.3, -0.25) is 20.0 Å². The summed E-state index contributed by atoms with van der Waals surface area (Å²) in [6.07, 6.45) is 4.79. The molecule has 36 heavy (non-hydrogen) atoms. The summed E-state index contributed by atoms with van der Waals surface area (Å²) in [5.74, 6) is -0.430. The fourth-order valence-corrected chi connectivity index (χ4v) is 4.39. The van der Waals surface area contributed by atoms with Gasteiger partial charge >= 0.3 is 0 Å². The van der Waals surface area contributed by atoms with Gasteiger partial charge in [0.25, 0.3) is 5.69 Å². The molecule has 188 valence electrons. The second-order valence-corrected chi connectivity index (χ2v) is 9.46. The van der Waals surface area contributed by atoms with Crippen molar-refractivity contribution in [3.05, 3.63) is 93.0 Å². The molecule has 2 aromatic carbocycles. The third-order valence-corrected chi connectivity index (χ3v) is 6.69. The molecular weight excluding hydrogens is 459 g/mol. The molecule has 0 bridgehead atoms. The van der Waals surface area contributed by atoms with Crippen molar-refractivity contribution in [3.63, 3.8) is 0 Å². The Hall–Kier alpha value is -3.62. The third kappa shape index (κ3) is 5.95. The van der Waals surface area contributed by atoms with Crippen molar-refractivity contribution in [2.75, 3.05) is 27.2 Å². The lowest BCUT2D eigenvalue weighted by Crippen LogP contribution is -2.31. The van der Waals surface area contributed by atoms with Crippen LogP contribution in [0.3, 0.4) is 0 Å². The summed E-state index contributed by atoms with van der Waals surface area (Å²) in [5.41, 5.74) is 4.57. The number of hydrogen-bond acceptors (Lipinski definition) is 6. The Morgan fingerprint density at radius 3 is 2.61 bits per heavy atom. The van der Waals surface area contributed by atoms with Gasteiger partial charge in [-0.25, -0.2) is 4.39 Å². The van der Waals surface area contributed by atoms with Crippen LogP contribution in [0.4, 0.5) is 10.1 Å². The molecule has 1 aliphatic heterocycles. The number of pyridine rings is 1. The van der Waals surface area contributed by atoms with Crippen LogP contribution in [0.25, 0.3) is 11.6 Å². The van der Waals surface area contributed by atoms with E-state index in [0.29, 0.717) is 17.5 Å². The number of likely N-dealkylation sites (tertiary alicyclic amines) is 1. The molecule has 0 radical (unpaired) electrons. The van der Waals surface area contributed by atoms with Crippen molar-refractivity contribution >= 4 is 17.3 Å². The maximum atomic E-state index is 14.3. The fraction of sp³-hybridized carbons (Fsp3) is 0.321. The van der Waals surface area contributed by atoms with Crippen molar-refractivity contribution < 1.29 is 14.1 Å². The molecule has 7 nitrogen and oxygen atoms in total. The lowest BCUT2D eigenvalue weighted by Gasteiger charge is -2.20. The molecule has 0 aliphatic carbocycles. The predicted octanol–water partition coefficient (Wildman–Crippen LogP) is 5.93. The van der Waals surface area contributed by atoms with Gasteiger partial charge in [0.1, 0.15) is 5.75 Å². The highest BCUT2D eigenvalue weighted by atomic mass is 19.1. The Labute approximate surface area is 211 Å². The van der Waals surface area contributed by atoms with Crippen molar-refractivity contribution in [3.8, 4) is 11.5 Å². The van der Waals surface area contributed by atoms with E-state index in [-0.39, 0.29) is 11.4 Å². The van der Waals surface area contributed by atoms with Gasteiger partial charge in [0.05, 0.1) is 16.7 Å². The number of non-ortho nitro benzene ring substituents is 1. The summed E-state index contributed by atoms with van der Waals surface area (Å²) in [4.78, 5) is 19.5. The number of likely N-dealkylation sites (N-methyl/N-ethyl adjacent to an activating group) is 1. The second kappa shape index (κ2) is 11.0. The quantitative estimate of drug-likeness (QED) is 0.288. The summed E-state index contributed by atoms with van der Waals surface area (Å²) in [6, 6.07) is 14.2. The molecule has 0 unspecified atom stereocenters. The number of hydrogen-bond donors (Lipinski definition) is 0. The van der Waals surface area contributed by atoms with E-state index < -0.39 is 10.7 Å². The minimum absolute atomic E-state index is 0.0768. The molecule has 1 atom stereocenters. The number of allylic oxidation sites excluding steroid dienone is 1. The normalized spacial score (nSPS) is 16.5. The molecule has 1 saturated heterocycles. The summed E-state index contributed by atoms with van der Waals surface area (Å²) >= 11 is 0. The Balaban J connectivity index is 1.46. The van der Waals surface area contributed by atoms with Crippen LogP contribution in [-0.4, -0.2) is 52.9 Å². The first-order valence-electron chi connectivity index (χ1n) is 11.9. The fourth-order valence-electron chi connectivity index (χ4n) is 4.39. The topological polar surface area (TPSA) is 71.7 Å². The molecule has 1 aliphatic rings. The number of benzene rings is 2. The standard InChI is InChI=1S/C28H31FN4O3/c1-19(22-7-5-21(6-8-22)17-32-14-12-24(18-32)31(3)4)15-26-20(2)27(11-13-30-26)36-28-10-9-23(33(34)35)16-25(28)29/h5-11,13,15-16,24H,12,14,17-18H2,1-4H3/b19-15+/t24-/m0/s1. The summed E-state index contributed by atoms with van der Waals surface area (Å²) in [7, 11) is 4.29. The number of rotatable bonds is 8. The Morgan fingerprint density at radius 2 is 1.97 bits per heavy atom. The average Bonchev–Trinajstić information content (AvgIpc) is 3.32. The molecular formula is C28H31FN4O3. The minimum atomic E-state index is -0.792. The van der Waals surface area contributed by atoms with Gasteiger partial charge in [-0.1, -0.05) is 24.3 Å². The molecule has 0 spiro atoms. The van der Waals surface area contributed by atoms with Crippen LogP contribution >= 0.6 is 0 Å². The van der Waals surface area contributed by atoms with Gasteiger partial charge in [-0.2, -0.15) is 0 Å². The molecule has 0 N–H and O–H groups in total. The number of ether oxygens (including phenoxy) is 1. The first-order valence-corrected chi connectivity index (χ1v) is 11.9. The van der Waals surface area contributed by atoms with Crippen LogP contribution in [0, 0.1) is 22.9 Å². The minimum Gasteiger partial charge on any atom is -0.454 e. The number of aromatic nitrogens is 1. The van der Waals surface area contributed by atoms with E-state index in [4.69, 9.17) is 4.74 Å². The molecule has 0 amide bonds. The molecule has 4 rings (SSSR count). The zero-order chi connectivity index (χ0) is 25.8. The van der Waals surface area contributed by atoms with Crippen molar-refractivity contribution in [2.45, 2.75) is 32.9 Å². The van der Waals surface area contributed by atoms with Crippen LogP contribution in [0.1, 0.15) is 35.7 Å². The number of nitro benzene ring substituents is 1. The zero-order valence-corrected chi connectivity index (χ0v) is 21.1. The molecule has 8 heteroatoms. The lowest BCUT2D eigenvalue weighted by molar-refractivity contribution is -0.385. The van der Waals surface area contributed by atoms with Gasteiger partial charge in [0.2, 0.25) is 0 Å². The van der Waals surface area contributed by atoms with Crippen LogP contribution in [0.2, 0.25) is 0 Å². The highest BCUT2D eigenvalue weighted by Crippen LogP contribution is 2.31. The maximum Gasteiger partial charge on any atom is 0.272 e. The molecule has 0 saturated carbocycles. The van der Waals surface area contributed by atoms with Gasteiger partial charge in [-0.05, 0) is 69.3 Å². The molecule has 2 heterocycles. The van der Waals surface area contributed by atoms with E-state index in [0.717, 1.165) is 42.4 Å². The smallest absolute Gasteiger partial charge is 0.272 e. The van der Waals surface area contributed by atoms with Crippen LogP contribution in [0.5, 0.6) is 11.5 Å². The van der Waals surface area contributed by atoms with E-state index in [1.54, 1.807) is 12.3 Å². The van der Waals surface area contributed by atoms with Crippen molar-refractivity contribution in [1.82, 2.24) is 14.8 Å². The van der Waals surface area contributed by atoms with E-state index in [9.17, 15) is 14.5 Å². The second-order valence-electron chi connectivity index (χ2n) is 9.46. The van der Waals surface area contributed by atoms with Crippen LogP contribution < -0.4 is 4.74 Å². The predicted molar refractivity (Wildman–Crippen MR) is 139 cm³/mol. The summed E-state index contributed by atoms with van der Waals surface area (Å²) < 4.78 is 20.0. The lowest BCUT2D eigenvalue weighted by atomic mass is 10.0. The third-order valence-electron chi connectivity index (χ3n) is 6.69. The Bertz CT molecular complexity index is 1270. The zero-order valence-electron chi connectivity index (χ0n) is 21.1. The van der Waals surface area contributed by atoms with E-state index in [2.05, 4.69) is 53.1 Å². The number of nitro groups is 1. The van der Waals surface area contributed by atoms with Crippen molar-refractivity contribution in [2.24, 2.45) is 0 Å². The average molecular weight is 491 g/mol. The van der Waals surface area contributed by atoms with Crippen LogP contribution in [0.15, 0.2) is 54.7 Å². The van der Waals surface area contributed by atoms with Gasteiger partial charge in [-0.15, -0.1) is 0 Å². The van der Waals surface area contributed by atoms with Gasteiger partial charge in [0.15, 0.2) is 11.6 Å². The highest BCUT2D eigenvalue weighted by Gasteiger charge is 2.23. The first kappa shape index (κ1) is 25.5. The summed E-state index contributed by atoms with van der Waals surface area (Å²) in [5, 5.41) is 10.9. The summed E-state index contributed by atoms with van der Waals surface area (Å²) in [6.45, 7) is 7.05. The SMILES string of the molecule is C/C(=C\c1nccc(Oc2ccc([N+](=O)[O-])cc2F)c1C)c1ccc(CN2CC[C@H](N(C)C)C2)cc1. The molecule has 1 fully saturated rings. The number of nitrogens with zero attached hydrogens (tertiary/aromatic N) is 4. The molecule has 3 aromatic rings. The van der Waals surface area contributed by atoms with Gasteiger partial charge in [0, 0.05) is 43.5 Å². The van der Waals surface area contributed by atoms with Crippen LogP contribution in [-0.2, 0) is 6.54 Å². The van der Waals surface area contributed by atoms with Crippen molar-refractivity contribution in [1.29, 1.82) is 0 Å². The van der Waals surface area contributed by atoms with E-state index in [1.165, 1.54) is 24.1 Å². The maximum absolute atomic E-state index is 14.3. The van der Waals surface area contributed by atoms with E-state index in [1.807, 2.05) is 19.9 Å². The highest BCUT2D eigenvalue weighted by molar-refractivity contribution is 5.80. The van der Waals surface area contributed by atoms with E-state index >= 15 is 0 Å². The number of halogens is 1. The Morgan fingerprint density at radius 1 is 1.22 bits per heavy atom.